The average molecular weight is 296 g/mol. The van der Waals surface area contributed by atoms with Gasteiger partial charge in [-0.05, 0) is 37.1 Å². The Bertz CT molecular complexity index is 647. The third kappa shape index (κ3) is 3.79. The molecule has 0 bridgehead atoms. The Morgan fingerprint density at radius 3 is 2.60 bits per heavy atom. The first-order chi connectivity index (χ1) is 9.31. The molecule has 1 aromatic rings. The first kappa shape index (κ1) is 16.1. The Hall–Kier alpha value is -1.91. The molecule has 20 heavy (non-hydrogen) atoms. The number of nitrogens with one attached hydrogen (secondary N) is 1. The Morgan fingerprint density at radius 1 is 1.50 bits per heavy atom. The lowest BCUT2D eigenvalue weighted by atomic mass is 10.1. The van der Waals surface area contributed by atoms with Gasteiger partial charge in [0.1, 0.15) is 0 Å². The predicted octanol–water partition coefficient (Wildman–Crippen LogP) is 1.26. The molecule has 0 spiro atoms. The van der Waals surface area contributed by atoms with Crippen molar-refractivity contribution in [3.05, 3.63) is 29.3 Å². The van der Waals surface area contributed by atoms with Gasteiger partial charge in [0.25, 0.3) is 0 Å². The molecule has 6 nitrogen and oxygen atoms in total. The minimum Gasteiger partial charge on any atom is -0.481 e. The van der Waals surface area contributed by atoms with Gasteiger partial charge in [0.15, 0.2) is 0 Å². The fourth-order valence-corrected chi connectivity index (χ4v) is 3.02. The second-order valence-corrected chi connectivity index (χ2v) is 6.12. The molecule has 0 fully saturated rings. The van der Waals surface area contributed by atoms with Gasteiger partial charge in [-0.25, -0.2) is 13.1 Å². The molecular formula is C13H16N2O4S. The highest BCUT2D eigenvalue weighted by Crippen LogP contribution is 2.16. The third-order valence-corrected chi connectivity index (χ3v) is 4.54. The number of rotatable bonds is 6. The van der Waals surface area contributed by atoms with Gasteiger partial charge in [0.05, 0.1) is 22.4 Å². The summed E-state index contributed by atoms with van der Waals surface area (Å²) in [6.45, 7) is 3.11. The number of nitrogens with zero attached hydrogens (tertiary/aromatic N) is 1. The Labute approximate surface area is 118 Å². The van der Waals surface area contributed by atoms with Crippen molar-refractivity contribution >= 4 is 16.0 Å². The van der Waals surface area contributed by atoms with Gasteiger partial charge in [-0.2, -0.15) is 5.26 Å². The number of carboxylic acids is 1. The van der Waals surface area contributed by atoms with Gasteiger partial charge >= 0.3 is 5.97 Å². The maximum absolute atomic E-state index is 12.1. The van der Waals surface area contributed by atoms with Gasteiger partial charge in [0.2, 0.25) is 10.0 Å². The molecule has 1 atom stereocenters. The van der Waals surface area contributed by atoms with Crippen molar-refractivity contribution in [2.45, 2.75) is 25.2 Å². The van der Waals surface area contributed by atoms with Gasteiger partial charge in [0, 0.05) is 6.54 Å². The van der Waals surface area contributed by atoms with Crippen molar-refractivity contribution in [2.75, 3.05) is 6.54 Å². The SMILES string of the molecule is CCC(CNS(=O)(=O)c1ccc(C#N)cc1C)C(=O)O. The first-order valence-corrected chi connectivity index (χ1v) is 7.53. The summed E-state index contributed by atoms with van der Waals surface area (Å²) in [6, 6.07) is 6.16. The Morgan fingerprint density at radius 2 is 2.15 bits per heavy atom. The van der Waals surface area contributed by atoms with E-state index in [1.165, 1.54) is 18.2 Å². The van der Waals surface area contributed by atoms with Crippen molar-refractivity contribution in [3.63, 3.8) is 0 Å². The maximum Gasteiger partial charge on any atom is 0.307 e. The minimum atomic E-state index is -3.78. The van der Waals surface area contributed by atoms with Crippen LogP contribution in [0.3, 0.4) is 0 Å². The van der Waals surface area contributed by atoms with Crippen LogP contribution >= 0.6 is 0 Å². The number of nitriles is 1. The highest BCUT2D eigenvalue weighted by Gasteiger charge is 2.21. The molecule has 2 N–H and O–H groups in total. The quantitative estimate of drug-likeness (QED) is 0.821. The average Bonchev–Trinajstić information content (AvgIpc) is 2.38. The van der Waals surface area contributed by atoms with Crippen LogP contribution in [-0.4, -0.2) is 26.0 Å². The van der Waals surface area contributed by atoms with Crippen molar-refractivity contribution in [2.24, 2.45) is 5.92 Å². The van der Waals surface area contributed by atoms with E-state index in [0.717, 1.165) is 0 Å². The third-order valence-electron chi connectivity index (χ3n) is 2.96. The molecule has 0 aliphatic rings. The van der Waals surface area contributed by atoms with Crippen LogP contribution in [0.2, 0.25) is 0 Å². The summed E-state index contributed by atoms with van der Waals surface area (Å²) in [7, 11) is -3.78. The second kappa shape index (κ2) is 6.50. The molecule has 7 heteroatoms. The molecule has 0 amide bonds. The van der Waals surface area contributed by atoms with Crippen LogP contribution in [0, 0.1) is 24.2 Å². The highest BCUT2D eigenvalue weighted by atomic mass is 32.2. The number of carboxylic acid groups (broad SMARTS) is 1. The van der Waals surface area contributed by atoms with E-state index in [1.807, 2.05) is 6.07 Å². The molecular weight excluding hydrogens is 280 g/mol. The van der Waals surface area contributed by atoms with Crippen LogP contribution in [0.25, 0.3) is 0 Å². The molecule has 0 aromatic heterocycles. The summed E-state index contributed by atoms with van der Waals surface area (Å²) in [6.07, 6.45) is 0.338. The van der Waals surface area contributed by atoms with E-state index in [1.54, 1.807) is 13.8 Å². The van der Waals surface area contributed by atoms with Crippen LogP contribution in [0.1, 0.15) is 24.5 Å². The number of carbonyl (C=O) groups is 1. The van der Waals surface area contributed by atoms with E-state index in [0.29, 0.717) is 17.5 Å². The molecule has 0 radical (unpaired) electrons. The second-order valence-electron chi connectivity index (χ2n) is 4.39. The van der Waals surface area contributed by atoms with Crippen LogP contribution in [0.4, 0.5) is 0 Å². The van der Waals surface area contributed by atoms with Crippen LogP contribution in [0.5, 0.6) is 0 Å². The maximum atomic E-state index is 12.1. The zero-order valence-corrected chi connectivity index (χ0v) is 12.1. The Kier molecular flexibility index (Phi) is 5.25. The zero-order chi connectivity index (χ0) is 15.3. The largest absolute Gasteiger partial charge is 0.481 e. The highest BCUT2D eigenvalue weighted by molar-refractivity contribution is 7.89. The van der Waals surface area contributed by atoms with Crippen molar-refractivity contribution < 1.29 is 18.3 Å². The minimum absolute atomic E-state index is 0.0525. The van der Waals surface area contributed by atoms with Crippen molar-refractivity contribution in [1.29, 1.82) is 5.26 Å². The molecule has 0 aliphatic heterocycles. The lowest BCUT2D eigenvalue weighted by Gasteiger charge is -2.13. The summed E-state index contributed by atoms with van der Waals surface area (Å²) in [5, 5.41) is 17.6. The fourth-order valence-electron chi connectivity index (χ4n) is 1.71. The van der Waals surface area contributed by atoms with E-state index in [9.17, 15) is 13.2 Å². The topological polar surface area (TPSA) is 107 Å². The van der Waals surface area contributed by atoms with Crippen molar-refractivity contribution in [3.8, 4) is 6.07 Å². The molecule has 0 aliphatic carbocycles. The Balaban J connectivity index is 2.95. The zero-order valence-electron chi connectivity index (χ0n) is 11.3. The van der Waals surface area contributed by atoms with E-state index >= 15 is 0 Å². The van der Waals surface area contributed by atoms with E-state index in [2.05, 4.69) is 4.72 Å². The number of hydrogen-bond donors (Lipinski definition) is 2. The molecule has 108 valence electrons. The van der Waals surface area contributed by atoms with E-state index < -0.39 is 21.9 Å². The molecule has 0 saturated heterocycles. The summed E-state index contributed by atoms with van der Waals surface area (Å²) >= 11 is 0. The summed E-state index contributed by atoms with van der Waals surface area (Å²) in [5.41, 5.74) is 0.818. The summed E-state index contributed by atoms with van der Waals surface area (Å²) in [5.74, 6) is -1.80. The number of aliphatic carboxylic acids is 1. The normalized spacial score (nSPS) is 12.7. The molecule has 1 aromatic carbocycles. The van der Waals surface area contributed by atoms with Gasteiger partial charge in [-0.3, -0.25) is 4.79 Å². The lowest BCUT2D eigenvalue weighted by molar-refractivity contribution is -0.141. The summed E-state index contributed by atoms with van der Waals surface area (Å²) < 4.78 is 26.5. The number of hydrogen-bond acceptors (Lipinski definition) is 4. The van der Waals surface area contributed by atoms with Crippen LogP contribution in [0.15, 0.2) is 23.1 Å². The van der Waals surface area contributed by atoms with Gasteiger partial charge in [-0.15, -0.1) is 0 Å². The molecule has 0 heterocycles. The van der Waals surface area contributed by atoms with E-state index in [-0.39, 0.29) is 11.4 Å². The first-order valence-electron chi connectivity index (χ1n) is 6.05. The van der Waals surface area contributed by atoms with Crippen LogP contribution in [-0.2, 0) is 14.8 Å². The summed E-state index contributed by atoms with van der Waals surface area (Å²) in [4.78, 5) is 10.9. The number of sulfonamides is 1. The van der Waals surface area contributed by atoms with E-state index in [4.69, 9.17) is 10.4 Å². The van der Waals surface area contributed by atoms with Gasteiger partial charge in [-0.1, -0.05) is 6.92 Å². The standard InChI is InChI=1S/C13H16N2O4S/c1-3-11(13(16)17)8-15-20(18,19)12-5-4-10(7-14)6-9(12)2/h4-6,11,15H,3,8H2,1-2H3,(H,16,17). The number of aryl methyl sites for hydroxylation is 1. The lowest BCUT2D eigenvalue weighted by Crippen LogP contribution is -2.33. The van der Waals surface area contributed by atoms with Crippen molar-refractivity contribution in [1.82, 2.24) is 4.72 Å². The predicted molar refractivity (Wildman–Crippen MR) is 72.5 cm³/mol. The monoisotopic (exact) mass is 296 g/mol. The molecule has 1 unspecified atom stereocenters. The smallest absolute Gasteiger partial charge is 0.307 e. The fraction of sp³-hybridized carbons (Fsp3) is 0.385. The molecule has 0 saturated carbocycles. The van der Waals surface area contributed by atoms with Gasteiger partial charge < -0.3 is 5.11 Å². The number of benzene rings is 1. The van der Waals surface area contributed by atoms with Crippen LogP contribution < -0.4 is 4.72 Å². The molecule has 1 rings (SSSR count).